The number of ether oxygens (including phenoxy) is 1. The SMILES string of the molecule is C[C@H](C(=O)Nc1ccc(Cl)cc1)[C@@H]1CCC2Oc3ncc(C(F)(F)F)cc3C2CC1. The smallest absolute Gasteiger partial charge is 0.417 e. The van der Waals surface area contributed by atoms with Crippen molar-refractivity contribution >= 4 is 23.2 Å². The van der Waals surface area contributed by atoms with Gasteiger partial charge in [0.15, 0.2) is 0 Å². The Kier molecular flexibility index (Phi) is 5.66. The number of benzene rings is 1. The molecule has 0 spiro atoms. The number of nitrogens with one attached hydrogen (secondary N) is 1. The zero-order valence-electron chi connectivity index (χ0n) is 16.4. The van der Waals surface area contributed by atoms with Crippen LogP contribution in [0, 0.1) is 11.8 Å². The van der Waals surface area contributed by atoms with Crippen LogP contribution in [0.25, 0.3) is 0 Å². The summed E-state index contributed by atoms with van der Waals surface area (Å²) in [5.74, 6) is 0.0281. The predicted octanol–water partition coefficient (Wildman–Crippen LogP) is 6.06. The molecule has 1 amide bonds. The lowest BCUT2D eigenvalue weighted by atomic mass is 9.85. The fourth-order valence-electron chi connectivity index (χ4n) is 4.44. The van der Waals surface area contributed by atoms with Crippen molar-refractivity contribution < 1.29 is 22.7 Å². The summed E-state index contributed by atoms with van der Waals surface area (Å²) in [4.78, 5) is 16.6. The van der Waals surface area contributed by atoms with Gasteiger partial charge in [-0.1, -0.05) is 18.5 Å². The van der Waals surface area contributed by atoms with Crippen molar-refractivity contribution in [3.8, 4) is 5.88 Å². The number of rotatable bonds is 3. The van der Waals surface area contributed by atoms with E-state index in [-0.39, 0.29) is 29.8 Å². The summed E-state index contributed by atoms with van der Waals surface area (Å²) >= 11 is 5.88. The summed E-state index contributed by atoms with van der Waals surface area (Å²) in [5.41, 5.74) is 0.473. The first-order valence-electron chi connectivity index (χ1n) is 10.0. The minimum absolute atomic E-state index is 0.0725. The number of fused-ring (bicyclic) bond motifs is 3. The third-order valence-electron chi connectivity index (χ3n) is 6.22. The molecule has 30 heavy (non-hydrogen) atoms. The van der Waals surface area contributed by atoms with Crippen molar-refractivity contribution in [1.29, 1.82) is 0 Å². The molecule has 0 bridgehead atoms. The molecule has 1 N–H and O–H groups in total. The summed E-state index contributed by atoms with van der Waals surface area (Å²) in [5, 5.41) is 3.51. The zero-order chi connectivity index (χ0) is 21.5. The first kappa shape index (κ1) is 21.0. The summed E-state index contributed by atoms with van der Waals surface area (Å²) in [6.45, 7) is 1.90. The molecule has 2 heterocycles. The maximum absolute atomic E-state index is 13.1. The molecule has 1 aromatic carbocycles. The Balaban J connectivity index is 1.43. The molecule has 0 saturated heterocycles. The highest BCUT2D eigenvalue weighted by atomic mass is 35.5. The van der Waals surface area contributed by atoms with E-state index in [4.69, 9.17) is 16.3 Å². The maximum Gasteiger partial charge on any atom is 0.417 e. The van der Waals surface area contributed by atoms with Gasteiger partial charge in [-0.05, 0) is 61.9 Å². The molecule has 0 radical (unpaired) electrons. The number of carbonyl (C=O) groups excluding carboxylic acids is 1. The van der Waals surface area contributed by atoms with E-state index in [1.54, 1.807) is 24.3 Å². The van der Waals surface area contributed by atoms with Crippen molar-refractivity contribution in [2.75, 3.05) is 5.32 Å². The van der Waals surface area contributed by atoms with Crippen molar-refractivity contribution in [2.45, 2.75) is 50.8 Å². The zero-order valence-corrected chi connectivity index (χ0v) is 17.1. The van der Waals surface area contributed by atoms with E-state index in [9.17, 15) is 18.0 Å². The van der Waals surface area contributed by atoms with Gasteiger partial charge in [-0.25, -0.2) is 4.98 Å². The number of amides is 1. The number of alkyl halides is 3. The Labute approximate surface area is 177 Å². The van der Waals surface area contributed by atoms with Crippen LogP contribution in [0.4, 0.5) is 18.9 Å². The van der Waals surface area contributed by atoms with Gasteiger partial charge in [-0.15, -0.1) is 0 Å². The van der Waals surface area contributed by atoms with Crippen LogP contribution >= 0.6 is 11.6 Å². The van der Waals surface area contributed by atoms with Crippen molar-refractivity contribution in [3.05, 3.63) is 52.7 Å². The lowest BCUT2D eigenvalue weighted by Crippen LogP contribution is -2.27. The summed E-state index contributed by atoms with van der Waals surface area (Å²) in [6.07, 6.45) is -0.911. The minimum atomic E-state index is -4.43. The van der Waals surface area contributed by atoms with E-state index < -0.39 is 11.7 Å². The van der Waals surface area contributed by atoms with Gasteiger partial charge < -0.3 is 10.1 Å². The quantitative estimate of drug-likeness (QED) is 0.633. The lowest BCUT2D eigenvalue weighted by Gasteiger charge is -2.22. The number of aromatic nitrogens is 1. The Morgan fingerprint density at radius 2 is 1.90 bits per heavy atom. The first-order valence-corrected chi connectivity index (χ1v) is 10.4. The third-order valence-corrected chi connectivity index (χ3v) is 6.47. The third kappa shape index (κ3) is 4.26. The minimum Gasteiger partial charge on any atom is -0.473 e. The van der Waals surface area contributed by atoms with Gasteiger partial charge in [-0.2, -0.15) is 13.2 Å². The number of nitrogens with zero attached hydrogens (tertiary/aromatic N) is 1. The molecule has 8 heteroatoms. The highest BCUT2D eigenvalue weighted by Gasteiger charge is 2.41. The van der Waals surface area contributed by atoms with Crippen LogP contribution in [0.1, 0.15) is 49.7 Å². The van der Waals surface area contributed by atoms with Gasteiger partial charge >= 0.3 is 6.18 Å². The molecular formula is C22H22ClF3N2O2. The van der Waals surface area contributed by atoms with E-state index in [1.807, 2.05) is 6.92 Å². The topological polar surface area (TPSA) is 51.2 Å². The molecule has 1 aliphatic carbocycles. The second kappa shape index (κ2) is 8.10. The van der Waals surface area contributed by atoms with Crippen molar-refractivity contribution in [2.24, 2.45) is 11.8 Å². The van der Waals surface area contributed by atoms with Crippen LogP contribution in [-0.2, 0) is 11.0 Å². The van der Waals surface area contributed by atoms with Gasteiger partial charge in [0, 0.05) is 34.3 Å². The second-order valence-corrected chi connectivity index (χ2v) is 8.51. The Morgan fingerprint density at radius 1 is 1.20 bits per heavy atom. The summed E-state index contributed by atoms with van der Waals surface area (Å²) in [7, 11) is 0. The van der Waals surface area contributed by atoms with Crippen LogP contribution in [0.3, 0.4) is 0 Å². The van der Waals surface area contributed by atoms with Gasteiger partial charge in [0.1, 0.15) is 6.10 Å². The van der Waals surface area contributed by atoms with Gasteiger partial charge in [-0.3, -0.25) is 4.79 Å². The molecule has 1 aliphatic heterocycles. The molecule has 4 rings (SSSR count). The highest BCUT2D eigenvalue weighted by molar-refractivity contribution is 6.30. The molecule has 1 saturated carbocycles. The van der Waals surface area contributed by atoms with E-state index in [0.717, 1.165) is 19.0 Å². The normalized spacial score (nSPS) is 24.2. The fraction of sp³-hybridized carbons (Fsp3) is 0.455. The Hall–Kier alpha value is -2.28. The van der Waals surface area contributed by atoms with Crippen molar-refractivity contribution in [3.63, 3.8) is 0 Å². The van der Waals surface area contributed by atoms with E-state index in [0.29, 0.717) is 35.0 Å². The highest BCUT2D eigenvalue weighted by Crippen LogP contribution is 2.47. The Morgan fingerprint density at radius 3 is 2.60 bits per heavy atom. The van der Waals surface area contributed by atoms with Gasteiger partial charge in [0.25, 0.3) is 0 Å². The number of anilines is 1. The number of hydrogen-bond donors (Lipinski definition) is 1. The average molecular weight is 439 g/mol. The molecule has 160 valence electrons. The van der Waals surface area contributed by atoms with Crippen LogP contribution in [0.15, 0.2) is 36.5 Å². The second-order valence-electron chi connectivity index (χ2n) is 8.08. The number of hydrogen-bond acceptors (Lipinski definition) is 3. The van der Waals surface area contributed by atoms with E-state index in [2.05, 4.69) is 10.3 Å². The van der Waals surface area contributed by atoms with Crippen LogP contribution in [0.5, 0.6) is 5.88 Å². The number of pyridine rings is 1. The molecule has 4 atom stereocenters. The monoisotopic (exact) mass is 438 g/mol. The maximum atomic E-state index is 13.1. The molecule has 2 unspecified atom stereocenters. The fourth-order valence-corrected chi connectivity index (χ4v) is 4.56. The van der Waals surface area contributed by atoms with Crippen LogP contribution in [0.2, 0.25) is 5.02 Å². The van der Waals surface area contributed by atoms with Gasteiger partial charge in [0.05, 0.1) is 5.56 Å². The standard InChI is InChI=1S/C22H22ClF3N2O2/c1-12(20(29)28-16-6-4-15(23)5-7-16)13-2-8-17-18-10-14(22(24,25)26)11-27-21(18)30-19(17)9-3-13/h4-7,10-13,17,19H,2-3,8-9H2,1H3,(H,28,29)/t12-,13-,17?,19?/m0/s1. The van der Waals surface area contributed by atoms with E-state index >= 15 is 0 Å². The molecule has 2 aromatic rings. The number of halogens is 4. The molecule has 2 aliphatic rings. The predicted molar refractivity (Wildman–Crippen MR) is 108 cm³/mol. The summed E-state index contributed by atoms with van der Waals surface area (Å²) in [6, 6.07) is 8.10. The molecular weight excluding hydrogens is 417 g/mol. The van der Waals surface area contributed by atoms with Crippen LogP contribution in [-0.4, -0.2) is 17.0 Å². The summed E-state index contributed by atoms with van der Waals surface area (Å²) < 4.78 is 45.1. The van der Waals surface area contributed by atoms with Crippen LogP contribution < -0.4 is 10.1 Å². The molecule has 4 nitrogen and oxygen atoms in total. The average Bonchev–Trinajstić information content (AvgIpc) is 2.92. The first-order chi connectivity index (χ1) is 14.2. The lowest BCUT2D eigenvalue weighted by molar-refractivity contribution is -0.137. The number of carbonyl (C=O) groups is 1. The van der Waals surface area contributed by atoms with E-state index in [1.165, 1.54) is 6.07 Å². The largest absolute Gasteiger partial charge is 0.473 e. The molecule has 1 aromatic heterocycles. The molecule has 1 fully saturated rings. The van der Waals surface area contributed by atoms with Gasteiger partial charge in [0.2, 0.25) is 11.8 Å². The Bertz CT molecular complexity index is 933. The van der Waals surface area contributed by atoms with Crippen molar-refractivity contribution in [1.82, 2.24) is 4.98 Å².